The largest absolute Gasteiger partial charge is 0.496 e. The van der Waals surface area contributed by atoms with E-state index >= 15 is 0 Å². The Hall–Kier alpha value is -2.56. The predicted octanol–water partition coefficient (Wildman–Crippen LogP) is 3.12. The van der Waals surface area contributed by atoms with Crippen molar-refractivity contribution in [3.63, 3.8) is 0 Å². The summed E-state index contributed by atoms with van der Waals surface area (Å²) in [5.41, 5.74) is 0.906. The maximum atomic E-state index is 13.0. The van der Waals surface area contributed by atoms with Gasteiger partial charge in [-0.05, 0) is 36.4 Å². The van der Waals surface area contributed by atoms with Gasteiger partial charge >= 0.3 is 0 Å². The lowest BCUT2D eigenvalue weighted by molar-refractivity contribution is 0.0987. The lowest BCUT2D eigenvalue weighted by Crippen LogP contribution is -2.27. The summed E-state index contributed by atoms with van der Waals surface area (Å²) in [5, 5.41) is 0. The zero-order valence-electron chi connectivity index (χ0n) is 12.1. The van der Waals surface area contributed by atoms with Crippen LogP contribution in [0.3, 0.4) is 0 Å². The maximum Gasteiger partial charge on any atom is 0.265 e. The van der Waals surface area contributed by atoms with Crippen molar-refractivity contribution in [2.45, 2.75) is 0 Å². The first kappa shape index (κ1) is 14.8. The molecule has 0 bridgehead atoms. The molecule has 5 heteroatoms. The highest BCUT2D eigenvalue weighted by molar-refractivity contribution is 6.09. The SMILES string of the molecule is COc1cccc(OC)c1C(=O)N(C)c1ccc(F)cc1. The van der Waals surface area contributed by atoms with Crippen molar-refractivity contribution >= 4 is 11.6 Å². The van der Waals surface area contributed by atoms with Crippen LogP contribution in [0.15, 0.2) is 42.5 Å². The Morgan fingerprint density at radius 3 is 2.00 bits per heavy atom. The van der Waals surface area contributed by atoms with E-state index < -0.39 is 0 Å². The van der Waals surface area contributed by atoms with Crippen molar-refractivity contribution in [3.05, 3.63) is 53.8 Å². The molecule has 2 aromatic carbocycles. The number of anilines is 1. The second-order valence-electron chi connectivity index (χ2n) is 4.38. The van der Waals surface area contributed by atoms with Crippen LogP contribution in [-0.2, 0) is 0 Å². The van der Waals surface area contributed by atoms with Crippen molar-refractivity contribution < 1.29 is 18.7 Å². The van der Waals surface area contributed by atoms with Crippen LogP contribution < -0.4 is 14.4 Å². The van der Waals surface area contributed by atoms with Gasteiger partial charge in [0, 0.05) is 12.7 Å². The van der Waals surface area contributed by atoms with Gasteiger partial charge in [0.15, 0.2) is 0 Å². The van der Waals surface area contributed by atoms with E-state index in [1.807, 2.05) is 0 Å². The molecular formula is C16H16FNO3. The number of rotatable bonds is 4. The van der Waals surface area contributed by atoms with E-state index in [1.54, 1.807) is 25.2 Å². The lowest BCUT2D eigenvalue weighted by atomic mass is 10.1. The fraction of sp³-hybridized carbons (Fsp3) is 0.188. The summed E-state index contributed by atoms with van der Waals surface area (Å²) in [6.07, 6.45) is 0. The van der Waals surface area contributed by atoms with Gasteiger partial charge in [0.2, 0.25) is 0 Å². The molecule has 0 spiro atoms. The molecule has 2 aromatic rings. The summed E-state index contributed by atoms with van der Waals surface area (Å²) in [4.78, 5) is 14.1. The minimum atomic E-state index is -0.352. The van der Waals surface area contributed by atoms with E-state index in [0.29, 0.717) is 22.7 Å². The van der Waals surface area contributed by atoms with Crippen LogP contribution in [0.2, 0.25) is 0 Å². The highest BCUT2D eigenvalue weighted by atomic mass is 19.1. The summed E-state index contributed by atoms with van der Waals surface area (Å²) >= 11 is 0. The summed E-state index contributed by atoms with van der Waals surface area (Å²) in [5.74, 6) is 0.201. The number of nitrogens with zero attached hydrogens (tertiary/aromatic N) is 1. The first-order valence-electron chi connectivity index (χ1n) is 6.33. The third-order valence-electron chi connectivity index (χ3n) is 3.16. The third kappa shape index (κ3) is 2.97. The Morgan fingerprint density at radius 2 is 1.52 bits per heavy atom. The molecule has 0 saturated carbocycles. The van der Waals surface area contributed by atoms with E-state index in [0.717, 1.165) is 0 Å². The molecule has 110 valence electrons. The average Bonchev–Trinajstić information content (AvgIpc) is 2.53. The highest BCUT2D eigenvalue weighted by Crippen LogP contribution is 2.30. The third-order valence-corrected chi connectivity index (χ3v) is 3.16. The van der Waals surface area contributed by atoms with E-state index in [-0.39, 0.29) is 11.7 Å². The van der Waals surface area contributed by atoms with Crippen molar-refractivity contribution in [2.24, 2.45) is 0 Å². The van der Waals surface area contributed by atoms with Crippen LogP contribution in [0.5, 0.6) is 11.5 Å². The molecule has 0 heterocycles. The summed E-state index contributed by atoms with van der Waals surface area (Å²) in [6.45, 7) is 0. The molecule has 0 unspecified atom stereocenters. The number of hydrogen-bond donors (Lipinski definition) is 0. The number of carbonyl (C=O) groups excluding carboxylic acids is 1. The molecule has 0 aliphatic heterocycles. The van der Waals surface area contributed by atoms with Gasteiger partial charge < -0.3 is 14.4 Å². The summed E-state index contributed by atoms with van der Waals surface area (Å²) < 4.78 is 23.4. The van der Waals surface area contributed by atoms with Gasteiger partial charge in [0.25, 0.3) is 5.91 Å². The molecule has 0 aliphatic carbocycles. The van der Waals surface area contributed by atoms with Crippen molar-refractivity contribution in [3.8, 4) is 11.5 Å². The zero-order chi connectivity index (χ0) is 15.4. The Kier molecular flexibility index (Phi) is 4.42. The molecule has 4 nitrogen and oxygen atoms in total. The van der Waals surface area contributed by atoms with Gasteiger partial charge in [-0.3, -0.25) is 4.79 Å². The summed E-state index contributed by atoms with van der Waals surface area (Å²) in [6, 6.07) is 10.8. The second kappa shape index (κ2) is 6.26. The first-order valence-corrected chi connectivity index (χ1v) is 6.33. The molecular weight excluding hydrogens is 273 g/mol. The molecule has 1 amide bonds. The molecule has 0 saturated heterocycles. The van der Waals surface area contributed by atoms with Crippen molar-refractivity contribution in [1.29, 1.82) is 0 Å². The smallest absolute Gasteiger partial charge is 0.265 e. The quantitative estimate of drug-likeness (QED) is 0.868. The van der Waals surface area contributed by atoms with Gasteiger partial charge in [-0.15, -0.1) is 0 Å². The Bertz CT molecular complexity index is 618. The Morgan fingerprint density at radius 1 is 1.00 bits per heavy atom. The molecule has 0 N–H and O–H groups in total. The molecule has 0 aliphatic rings. The van der Waals surface area contributed by atoms with Gasteiger partial charge in [-0.25, -0.2) is 4.39 Å². The monoisotopic (exact) mass is 289 g/mol. The fourth-order valence-electron chi connectivity index (χ4n) is 2.01. The predicted molar refractivity (Wildman–Crippen MR) is 78.7 cm³/mol. The van der Waals surface area contributed by atoms with Gasteiger partial charge in [-0.2, -0.15) is 0 Å². The van der Waals surface area contributed by atoms with E-state index in [2.05, 4.69) is 0 Å². The normalized spacial score (nSPS) is 10.1. The Labute approximate surface area is 122 Å². The molecule has 21 heavy (non-hydrogen) atoms. The van der Waals surface area contributed by atoms with Crippen LogP contribution >= 0.6 is 0 Å². The number of ether oxygens (including phenoxy) is 2. The average molecular weight is 289 g/mol. The standard InChI is InChI=1S/C16H16FNO3/c1-18(12-9-7-11(17)8-10-12)16(19)15-13(20-2)5-4-6-14(15)21-3/h4-10H,1-3H3. The number of methoxy groups -OCH3 is 2. The number of amides is 1. The number of carbonyl (C=O) groups is 1. The highest BCUT2D eigenvalue weighted by Gasteiger charge is 2.22. The Balaban J connectivity index is 2.41. The maximum absolute atomic E-state index is 13.0. The fourth-order valence-corrected chi connectivity index (χ4v) is 2.01. The molecule has 0 fully saturated rings. The second-order valence-corrected chi connectivity index (χ2v) is 4.38. The van der Waals surface area contributed by atoms with Crippen LogP contribution in [-0.4, -0.2) is 27.2 Å². The van der Waals surface area contributed by atoms with Crippen molar-refractivity contribution in [1.82, 2.24) is 0 Å². The van der Waals surface area contributed by atoms with Gasteiger partial charge in [-0.1, -0.05) is 6.07 Å². The van der Waals surface area contributed by atoms with Gasteiger partial charge in [0.1, 0.15) is 22.9 Å². The van der Waals surface area contributed by atoms with E-state index in [9.17, 15) is 9.18 Å². The van der Waals surface area contributed by atoms with Gasteiger partial charge in [0.05, 0.1) is 14.2 Å². The number of hydrogen-bond acceptors (Lipinski definition) is 3. The number of halogens is 1. The molecule has 2 rings (SSSR count). The van der Waals surface area contributed by atoms with Crippen molar-refractivity contribution in [2.75, 3.05) is 26.2 Å². The number of benzene rings is 2. The van der Waals surface area contributed by atoms with Crippen LogP contribution in [0.4, 0.5) is 10.1 Å². The molecule has 0 aromatic heterocycles. The first-order chi connectivity index (χ1) is 10.1. The van der Waals surface area contributed by atoms with Crippen LogP contribution in [0.1, 0.15) is 10.4 Å². The molecule has 0 atom stereocenters. The lowest BCUT2D eigenvalue weighted by Gasteiger charge is -2.20. The minimum Gasteiger partial charge on any atom is -0.496 e. The van der Waals surface area contributed by atoms with E-state index in [1.165, 1.54) is 43.4 Å². The van der Waals surface area contributed by atoms with Crippen LogP contribution in [0.25, 0.3) is 0 Å². The minimum absolute atomic E-state index is 0.295. The zero-order valence-corrected chi connectivity index (χ0v) is 12.1. The topological polar surface area (TPSA) is 38.8 Å². The summed E-state index contributed by atoms with van der Waals surface area (Å²) in [7, 11) is 4.59. The molecule has 0 radical (unpaired) electrons. The van der Waals surface area contributed by atoms with E-state index in [4.69, 9.17) is 9.47 Å². The van der Waals surface area contributed by atoms with Crippen LogP contribution in [0, 0.1) is 5.82 Å².